The molecule has 26 heavy (non-hydrogen) atoms. The monoisotopic (exact) mass is 380 g/mol. The van der Waals surface area contributed by atoms with E-state index in [-0.39, 0.29) is 0 Å². The van der Waals surface area contributed by atoms with Crippen molar-refractivity contribution in [1.29, 1.82) is 0 Å². The first-order valence-electron chi connectivity index (χ1n) is 9.16. The topological polar surface area (TPSA) is 3.88 Å². The molecule has 3 heteroatoms. The maximum absolute atomic E-state index is 2.31. The Labute approximate surface area is 165 Å². The standard InChI is InChI=1S/C23H26NS2/c1-3-9-21(10-4-1)20-26-18-17-25-16-8-15-24-14-7-13-23(19-24)22-11-5-2-6-12-22/h1-7,9-14,19H,8,15-18,20H2/q+1. The summed E-state index contributed by atoms with van der Waals surface area (Å²) < 4.78 is 2.31. The van der Waals surface area contributed by atoms with Gasteiger partial charge in [-0.3, -0.25) is 0 Å². The fraction of sp³-hybridized carbons (Fsp3) is 0.261. The Bertz CT molecular complexity index is 759. The summed E-state index contributed by atoms with van der Waals surface area (Å²) in [5, 5.41) is 0. The first-order valence-corrected chi connectivity index (χ1v) is 11.5. The van der Waals surface area contributed by atoms with E-state index in [0.29, 0.717) is 0 Å². The third kappa shape index (κ3) is 6.54. The van der Waals surface area contributed by atoms with Crippen LogP contribution in [0.3, 0.4) is 0 Å². The molecular formula is C23H26NS2+. The molecule has 0 radical (unpaired) electrons. The summed E-state index contributed by atoms with van der Waals surface area (Å²) in [6, 6.07) is 25.7. The summed E-state index contributed by atoms with van der Waals surface area (Å²) in [6.07, 6.45) is 5.65. The van der Waals surface area contributed by atoms with Crippen LogP contribution in [0.25, 0.3) is 11.1 Å². The van der Waals surface area contributed by atoms with E-state index >= 15 is 0 Å². The zero-order valence-corrected chi connectivity index (χ0v) is 16.7. The van der Waals surface area contributed by atoms with Gasteiger partial charge in [0.25, 0.3) is 0 Å². The molecule has 3 aromatic rings. The number of nitrogens with zero attached hydrogens (tertiary/aromatic N) is 1. The van der Waals surface area contributed by atoms with E-state index in [0.717, 1.165) is 12.3 Å². The van der Waals surface area contributed by atoms with Crippen LogP contribution in [0.1, 0.15) is 12.0 Å². The van der Waals surface area contributed by atoms with E-state index < -0.39 is 0 Å². The van der Waals surface area contributed by atoms with Gasteiger partial charge in [0.1, 0.15) is 6.54 Å². The van der Waals surface area contributed by atoms with E-state index in [4.69, 9.17) is 0 Å². The number of hydrogen-bond acceptors (Lipinski definition) is 2. The molecule has 0 aliphatic heterocycles. The fourth-order valence-electron chi connectivity index (χ4n) is 2.80. The molecule has 0 N–H and O–H groups in total. The molecule has 0 saturated carbocycles. The van der Waals surface area contributed by atoms with Crippen LogP contribution in [0.5, 0.6) is 0 Å². The summed E-state index contributed by atoms with van der Waals surface area (Å²) >= 11 is 4.11. The van der Waals surface area contributed by atoms with Crippen LogP contribution >= 0.6 is 23.5 Å². The molecule has 1 nitrogen and oxygen atoms in total. The summed E-state index contributed by atoms with van der Waals surface area (Å²) in [5.41, 5.74) is 4.00. The van der Waals surface area contributed by atoms with Crippen LogP contribution in [0.2, 0.25) is 0 Å². The predicted molar refractivity (Wildman–Crippen MR) is 117 cm³/mol. The van der Waals surface area contributed by atoms with Crippen molar-refractivity contribution in [3.05, 3.63) is 90.8 Å². The van der Waals surface area contributed by atoms with Gasteiger partial charge in [-0.05, 0) is 22.9 Å². The average molecular weight is 381 g/mol. The molecule has 0 bridgehead atoms. The van der Waals surface area contributed by atoms with Gasteiger partial charge in [0.15, 0.2) is 12.4 Å². The lowest BCUT2D eigenvalue weighted by atomic mass is 10.1. The number of aryl methyl sites for hydroxylation is 1. The SMILES string of the molecule is c1ccc(CSCCSCCC[n+]2cccc(-c3ccccc3)c2)cc1. The number of benzene rings is 2. The van der Waals surface area contributed by atoms with E-state index in [1.807, 2.05) is 11.8 Å². The van der Waals surface area contributed by atoms with Gasteiger partial charge in [0, 0.05) is 35.3 Å². The zero-order chi connectivity index (χ0) is 17.9. The minimum Gasteiger partial charge on any atom is -0.204 e. The van der Waals surface area contributed by atoms with Crippen LogP contribution in [-0.2, 0) is 12.3 Å². The molecule has 3 rings (SSSR count). The lowest BCUT2D eigenvalue weighted by Gasteiger charge is -2.03. The second kappa shape index (κ2) is 11.1. The van der Waals surface area contributed by atoms with Gasteiger partial charge in [-0.15, -0.1) is 0 Å². The Morgan fingerprint density at radius 1 is 0.654 bits per heavy atom. The van der Waals surface area contributed by atoms with Crippen molar-refractivity contribution >= 4 is 23.5 Å². The molecule has 0 amide bonds. The van der Waals surface area contributed by atoms with Crippen molar-refractivity contribution in [2.75, 3.05) is 17.3 Å². The lowest BCUT2D eigenvalue weighted by molar-refractivity contribution is -0.696. The highest BCUT2D eigenvalue weighted by Gasteiger charge is 2.04. The van der Waals surface area contributed by atoms with Crippen LogP contribution in [0, 0.1) is 0 Å². The Balaban J connectivity index is 1.30. The summed E-state index contributed by atoms with van der Waals surface area (Å²) in [4.78, 5) is 0. The molecular weight excluding hydrogens is 354 g/mol. The van der Waals surface area contributed by atoms with E-state index in [1.165, 1.54) is 40.4 Å². The molecule has 0 spiro atoms. The Kier molecular flexibility index (Phi) is 8.14. The average Bonchev–Trinajstić information content (AvgIpc) is 2.72. The molecule has 0 saturated heterocycles. The van der Waals surface area contributed by atoms with Gasteiger partial charge >= 0.3 is 0 Å². The molecule has 0 fully saturated rings. The van der Waals surface area contributed by atoms with Crippen LogP contribution in [-0.4, -0.2) is 17.3 Å². The maximum Gasteiger partial charge on any atom is 0.176 e. The van der Waals surface area contributed by atoms with Crippen molar-refractivity contribution in [2.45, 2.75) is 18.7 Å². The van der Waals surface area contributed by atoms with Crippen molar-refractivity contribution in [3.8, 4) is 11.1 Å². The number of rotatable bonds is 10. The molecule has 2 aromatic carbocycles. The predicted octanol–water partition coefficient (Wildman–Crippen LogP) is 5.70. The first kappa shape index (κ1) is 19.1. The first-order chi connectivity index (χ1) is 12.9. The van der Waals surface area contributed by atoms with Crippen LogP contribution in [0.4, 0.5) is 0 Å². The van der Waals surface area contributed by atoms with Crippen molar-refractivity contribution in [1.82, 2.24) is 0 Å². The van der Waals surface area contributed by atoms with Gasteiger partial charge in [-0.1, -0.05) is 60.7 Å². The fourth-order valence-corrected chi connectivity index (χ4v) is 4.85. The van der Waals surface area contributed by atoms with Crippen molar-refractivity contribution < 1.29 is 4.57 Å². The molecule has 0 unspecified atom stereocenters. The third-order valence-electron chi connectivity index (χ3n) is 4.15. The molecule has 134 valence electrons. The second-order valence-electron chi connectivity index (χ2n) is 6.20. The quantitative estimate of drug-likeness (QED) is 0.328. The van der Waals surface area contributed by atoms with E-state index in [9.17, 15) is 0 Å². The normalized spacial score (nSPS) is 10.8. The van der Waals surface area contributed by atoms with Crippen LogP contribution in [0.15, 0.2) is 85.2 Å². The summed E-state index contributed by atoms with van der Waals surface area (Å²) in [6.45, 7) is 1.09. The van der Waals surface area contributed by atoms with Crippen molar-refractivity contribution in [2.24, 2.45) is 0 Å². The second-order valence-corrected chi connectivity index (χ2v) is 8.53. The maximum atomic E-state index is 2.31. The van der Waals surface area contributed by atoms with Gasteiger partial charge in [-0.25, -0.2) is 4.57 Å². The van der Waals surface area contributed by atoms with E-state index in [2.05, 4.69) is 102 Å². The zero-order valence-electron chi connectivity index (χ0n) is 15.1. The number of pyridine rings is 1. The minimum absolute atomic E-state index is 1.09. The molecule has 0 aliphatic rings. The van der Waals surface area contributed by atoms with E-state index in [1.54, 1.807) is 0 Å². The highest BCUT2D eigenvalue weighted by atomic mass is 32.2. The number of thioether (sulfide) groups is 2. The van der Waals surface area contributed by atoms with Crippen LogP contribution < -0.4 is 4.57 Å². The molecule has 1 heterocycles. The van der Waals surface area contributed by atoms with Gasteiger partial charge in [0.2, 0.25) is 0 Å². The number of aromatic nitrogens is 1. The third-order valence-corrected chi connectivity index (χ3v) is 6.51. The Hall–Kier alpha value is -1.71. The molecule has 0 atom stereocenters. The Morgan fingerprint density at radius 3 is 2.15 bits per heavy atom. The summed E-state index contributed by atoms with van der Waals surface area (Å²) in [7, 11) is 0. The van der Waals surface area contributed by atoms with Crippen molar-refractivity contribution in [3.63, 3.8) is 0 Å². The van der Waals surface area contributed by atoms with Gasteiger partial charge < -0.3 is 0 Å². The highest BCUT2D eigenvalue weighted by Crippen LogP contribution is 2.16. The van der Waals surface area contributed by atoms with Gasteiger partial charge in [-0.2, -0.15) is 23.5 Å². The smallest absolute Gasteiger partial charge is 0.176 e. The summed E-state index contributed by atoms with van der Waals surface area (Å²) in [5.74, 6) is 4.83. The lowest BCUT2D eigenvalue weighted by Crippen LogP contribution is -2.33. The molecule has 0 aliphatic carbocycles. The number of hydrogen-bond donors (Lipinski definition) is 0. The Morgan fingerprint density at radius 2 is 1.35 bits per heavy atom. The largest absolute Gasteiger partial charge is 0.204 e. The molecule has 1 aromatic heterocycles. The highest BCUT2D eigenvalue weighted by molar-refractivity contribution is 8.02. The van der Waals surface area contributed by atoms with Gasteiger partial charge in [0.05, 0.1) is 0 Å². The minimum atomic E-state index is 1.09.